The quantitative estimate of drug-likeness (QED) is 0.724. The van der Waals surface area contributed by atoms with Crippen molar-refractivity contribution in [1.29, 1.82) is 0 Å². The molecule has 0 aliphatic rings. The molecule has 1 heterocycles. The van der Waals surface area contributed by atoms with E-state index in [1.165, 1.54) is 11.3 Å². The second kappa shape index (κ2) is 6.29. The predicted molar refractivity (Wildman–Crippen MR) is 68.6 cm³/mol. The molecule has 1 unspecified atom stereocenters. The van der Waals surface area contributed by atoms with Crippen LogP contribution in [0.5, 0.6) is 0 Å². The van der Waals surface area contributed by atoms with Crippen LogP contribution in [0.25, 0.3) is 0 Å². The van der Waals surface area contributed by atoms with Gasteiger partial charge in [0.15, 0.2) is 5.13 Å². The first-order valence-electron chi connectivity index (χ1n) is 5.24. The number of hydrogen-bond acceptors (Lipinski definition) is 6. The Balaban J connectivity index is 2.57. The average Bonchev–Trinajstić information content (AvgIpc) is 2.65. The fourth-order valence-corrected chi connectivity index (χ4v) is 3.02. The maximum Gasteiger partial charge on any atom is 0.236 e. The second-order valence-corrected chi connectivity index (χ2v) is 6.18. The number of nitrogens with one attached hydrogen (secondary N) is 1. The van der Waals surface area contributed by atoms with Crippen LogP contribution in [-0.4, -0.2) is 32.4 Å². The van der Waals surface area contributed by atoms with E-state index < -0.39 is 10.0 Å². The molecule has 0 bridgehead atoms. The Labute approximate surface area is 105 Å². The average molecular weight is 279 g/mol. The van der Waals surface area contributed by atoms with E-state index in [0.717, 1.165) is 0 Å². The van der Waals surface area contributed by atoms with Crippen LogP contribution in [0.3, 0.4) is 0 Å². The second-order valence-electron chi connectivity index (χ2n) is 3.48. The van der Waals surface area contributed by atoms with Crippen LogP contribution < -0.4 is 10.5 Å². The van der Waals surface area contributed by atoms with Gasteiger partial charge in [-0.3, -0.25) is 4.72 Å². The fraction of sp³-hybridized carbons (Fsp3) is 0.667. The molecular formula is C9H17N3O3S2. The van der Waals surface area contributed by atoms with Gasteiger partial charge in [0.25, 0.3) is 0 Å². The van der Waals surface area contributed by atoms with E-state index in [1.54, 1.807) is 12.3 Å². The topological polar surface area (TPSA) is 94.3 Å². The first-order chi connectivity index (χ1) is 7.94. The summed E-state index contributed by atoms with van der Waals surface area (Å²) in [6.45, 7) is 4.29. The fourth-order valence-electron chi connectivity index (χ4n) is 1.04. The highest BCUT2D eigenvalue weighted by molar-refractivity contribution is 7.92. The largest absolute Gasteiger partial charge is 0.381 e. The molecule has 0 amide bonds. The number of nitrogens with zero attached hydrogens (tertiary/aromatic N) is 1. The SMILES string of the molecule is CCOCCS(=O)(=O)Nc1nc(C(C)N)cs1. The van der Waals surface area contributed by atoms with Gasteiger partial charge in [0.2, 0.25) is 10.0 Å². The van der Waals surface area contributed by atoms with Crippen molar-refractivity contribution in [3.05, 3.63) is 11.1 Å². The number of thiazole rings is 1. The first-order valence-corrected chi connectivity index (χ1v) is 7.77. The summed E-state index contributed by atoms with van der Waals surface area (Å²) in [5.41, 5.74) is 6.31. The minimum absolute atomic E-state index is 0.0755. The predicted octanol–water partition coefficient (Wildman–Crippen LogP) is 0.941. The number of rotatable bonds is 7. The molecule has 0 spiro atoms. The van der Waals surface area contributed by atoms with Crippen LogP contribution in [0.15, 0.2) is 5.38 Å². The summed E-state index contributed by atoms with van der Waals surface area (Å²) in [6, 6.07) is -0.201. The summed E-state index contributed by atoms with van der Waals surface area (Å²) in [7, 11) is -3.39. The number of nitrogens with two attached hydrogens (primary N) is 1. The lowest BCUT2D eigenvalue weighted by Crippen LogP contribution is -2.20. The summed E-state index contributed by atoms with van der Waals surface area (Å²) < 4.78 is 30.6. The van der Waals surface area contributed by atoms with Gasteiger partial charge in [-0.15, -0.1) is 11.3 Å². The highest BCUT2D eigenvalue weighted by Crippen LogP contribution is 2.20. The lowest BCUT2D eigenvalue weighted by atomic mass is 10.3. The zero-order chi connectivity index (χ0) is 12.9. The standard InChI is InChI=1S/C9H17N3O3S2/c1-3-15-4-5-17(13,14)12-9-11-8(6-16-9)7(2)10/h6-7H,3-5,10H2,1-2H3,(H,11,12). The molecule has 0 aliphatic carbocycles. The number of anilines is 1. The normalized spacial score (nSPS) is 13.6. The molecule has 1 atom stereocenters. The molecule has 0 saturated heterocycles. The third-order valence-electron chi connectivity index (χ3n) is 1.93. The zero-order valence-corrected chi connectivity index (χ0v) is 11.5. The summed E-state index contributed by atoms with van der Waals surface area (Å²) in [5, 5.41) is 2.08. The molecule has 6 nitrogen and oxygen atoms in total. The number of sulfonamides is 1. The van der Waals surface area contributed by atoms with Crippen molar-refractivity contribution in [3.8, 4) is 0 Å². The van der Waals surface area contributed by atoms with Crippen LogP contribution in [0.4, 0.5) is 5.13 Å². The van der Waals surface area contributed by atoms with Crippen LogP contribution in [0.2, 0.25) is 0 Å². The van der Waals surface area contributed by atoms with E-state index in [9.17, 15) is 8.42 Å². The smallest absolute Gasteiger partial charge is 0.236 e. The molecule has 1 aromatic heterocycles. The van der Waals surface area contributed by atoms with Crippen LogP contribution in [0, 0.1) is 0 Å². The number of hydrogen-bond donors (Lipinski definition) is 2. The highest BCUT2D eigenvalue weighted by atomic mass is 32.2. The maximum atomic E-state index is 11.6. The highest BCUT2D eigenvalue weighted by Gasteiger charge is 2.13. The van der Waals surface area contributed by atoms with Crippen molar-refractivity contribution in [3.63, 3.8) is 0 Å². The lowest BCUT2D eigenvalue weighted by molar-refractivity contribution is 0.163. The third kappa shape index (κ3) is 4.99. The maximum absolute atomic E-state index is 11.6. The van der Waals surface area contributed by atoms with Crippen LogP contribution in [0.1, 0.15) is 25.6 Å². The molecule has 0 saturated carbocycles. The van der Waals surface area contributed by atoms with Gasteiger partial charge in [-0.1, -0.05) is 0 Å². The van der Waals surface area contributed by atoms with E-state index in [0.29, 0.717) is 17.4 Å². The number of ether oxygens (including phenoxy) is 1. The Morgan fingerprint density at radius 2 is 2.35 bits per heavy atom. The van der Waals surface area contributed by atoms with E-state index in [-0.39, 0.29) is 18.4 Å². The molecule has 0 aliphatic heterocycles. The van der Waals surface area contributed by atoms with Crippen molar-refractivity contribution in [2.75, 3.05) is 23.7 Å². The van der Waals surface area contributed by atoms with Crippen molar-refractivity contribution in [1.82, 2.24) is 4.98 Å². The van der Waals surface area contributed by atoms with E-state index >= 15 is 0 Å². The Morgan fingerprint density at radius 1 is 1.65 bits per heavy atom. The zero-order valence-electron chi connectivity index (χ0n) is 9.84. The summed E-state index contributed by atoms with van der Waals surface area (Å²) in [5.74, 6) is -0.0755. The van der Waals surface area contributed by atoms with Gasteiger partial charge in [-0.05, 0) is 13.8 Å². The van der Waals surface area contributed by atoms with Gasteiger partial charge >= 0.3 is 0 Å². The molecule has 0 aromatic carbocycles. The van der Waals surface area contributed by atoms with Gasteiger partial charge < -0.3 is 10.5 Å². The van der Waals surface area contributed by atoms with Crippen LogP contribution in [-0.2, 0) is 14.8 Å². The first kappa shape index (κ1) is 14.4. The molecule has 1 rings (SSSR count). The van der Waals surface area contributed by atoms with Crippen molar-refractivity contribution in [2.45, 2.75) is 19.9 Å². The lowest BCUT2D eigenvalue weighted by Gasteiger charge is -2.05. The van der Waals surface area contributed by atoms with E-state index in [2.05, 4.69) is 9.71 Å². The molecule has 17 heavy (non-hydrogen) atoms. The summed E-state index contributed by atoms with van der Waals surface area (Å²) >= 11 is 1.22. The molecule has 8 heteroatoms. The minimum Gasteiger partial charge on any atom is -0.381 e. The van der Waals surface area contributed by atoms with Crippen molar-refractivity contribution < 1.29 is 13.2 Å². The monoisotopic (exact) mass is 279 g/mol. The Hall–Kier alpha value is -0.700. The van der Waals surface area contributed by atoms with Crippen LogP contribution >= 0.6 is 11.3 Å². The molecule has 0 fully saturated rings. The number of aromatic nitrogens is 1. The van der Waals surface area contributed by atoms with Gasteiger partial charge in [-0.25, -0.2) is 13.4 Å². The Bertz CT molecular complexity index is 442. The molecular weight excluding hydrogens is 262 g/mol. The van der Waals surface area contributed by atoms with E-state index in [4.69, 9.17) is 10.5 Å². The molecule has 1 aromatic rings. The molecule has 0 radical (unpaired) electrons. The summed E-state index contributed by atoms with van der Waals surface area (Å²) in [6.07, 6.45) is 0. The van der Waals surface area contributed by atoms with Gasteiger partial charge in [0, 0.05) is 18.0 Å². The molecule has 98 valence electrons. The van der Waals surface area contributed by atoms with Gasteiger partial charge in [-0.2, -0.15) is 0 Å². The molecule has 3 N–H and O–H groups in total. The minimum atomic E-state index is -3.39. The van der Waals surface area contributed by atoms with E-state index in [1.807, 2.05) is 6.92 Å². The summed E-state index contributed by atoms with van der Waals surface area (Å²) in [4.78, 5) is 4.09. The van der Waals surface area contributed by atoms with Crippen molar-refractivity contribution >= 4 is 26.5 Å². The Kier molecular flexibility index (Phi) is 5.31. The van der Waals surface area contributed by atoms with Gasteiger partial charge in [0.05, 0.1) is 18.1 Å². The van der Waals surface area contributed by atoms with Gasteiger partial charge in [0.1, 0.15) is 0 Å². The van der Waals surface area contributed by atoms with Crippen molar-refractivity contribution in [2.24, 2.45) is 5.73 Å². The third-order valence-corrected chi connectivity index (χ3v) is 4.05. The Morgan fingerprint density at radius 3 is 2.88 bits per heavy atom.